The fourth-order valence-corrected chi connectivity index (χ4v) is 2.96. The molecule has 0 aliphatic carbocycles. The molecule has 26 heavy (non-hydrogen) atoms. The van der Waals surface area contributed by atoms with Crippen molar-refractivity contribution in [3.8, 4) is 0 Å². The Morgan fingerprint density at radius 1 is 1.19 bits per heavy atom. The fourth-order valence-electron chi connectivity index (χ4n) is 2.96. The predicted molar refractivity (Wildman–Crippen MR) is 94.6 cm³/mol. The smallest absolute Gasteiger partial charge is 0.343 e. The van der Waals surface area contributed by atoms with Gasteiger partial charge in [-0.1, -0.05) is 12.2 Å². The first-order valence-electron chi connectivity index (χ1n) is 8.22. The minimum atomic E-state index is -1.44. The monoisotopic (exact) mass is 363 g/mol. The molecule has 1 aliphatic rings. The summed E-state index contributed by atoms with van der Waals surface area (Å²) >= 11 is 0. The number of benzene rings is 1. The molecule has 0 radical (unpaired) electrons. The van der Waals surface area contributed by atoms with E-state index in [-0.39, 0.29) is 0 Å². The molecule has 5 N–H and O–H groups in total. The minimum absolute atomic E-state index is 0.336. The lowest BCUT2D eigenvalue weighted by molar-refractivity contribution is -0.245. The van der Waals surface area contributed by atoms with E-state index in [2.05, 4.69) is 5.32 Å². The van der Waals surface area contributed by atoms with Crippen LogP contribution in [0.2, 0.25) is 0 Å². The number of hydrogen-bond donors (Lipinski definition) is 5. The van der Waals surface area contributed by atoms with Crippen molar-refractivity contribution in [2.45, 2.75) is 37.6 Å². The van der Waals surface area contributed by atoms with E-state index in [0.29, 0.717) is 22.2 Å². The molecule has 0 bridgehead atoms. The first-order chi connectivity index (χ1) is 12.4. The van der Waals surface area contributed by atoms with Gasteiger partial charge in [0, 0.05) is 17.1 Å². The van der Waals surface area contributed by atoms with Crippen LogP contribution in [0.4, 0.5) is 5.69 Å². The van der Waals surface area contributed by atoms with Crippen LogP contribution in [0.5, 0.6) is 0 Å². The van der Waals surface area contributed by atoms with Crippen molar-refractivity contribution >= 4 is 22.7 Å². The van der Waals surface area contributed by atoms with Crippen LogP contribution in [0.15, 0.2) is 39.6 Å². The number of anilines is 1. The molecule has 5 atom stereocenters. The SMILES string of the molecule is C/C=C/c1cc2ccc(NC3C(O)OC(CO)[C@@H](O)[C@@H]3O)cc2oc1=O. The number of ether oxygens (including phenoxy) is 1. The van der Waals surface area contributed by atoms with Gasteiger partial charge in [0.2, 0.25) is 0 Å². The molecule has 3 rings (SSSR count). The number of aliphatic hydroxyl groups is 4. The van der Waals surface area contributed by atoms with Gasteiger partial charge in [0.25, 0.3) is 0 Å². The van der Waals surface area contributed by atoms with Crippen molar-refractivity contribution in [3.05, 3.63) is 46.3 Å². The first kappa shape index (κ1) is 18.6. The third-order valence-electron chi connectivity index (χ3n) is 4.34. The maximum absolute atomic E-state index is 11.9. The second-order valence-corrected chi connectivity index (χ2v) is 6.14. The lowest BCUT2D eigenvalue weighted by Crippen LogP contribution is -2.61. The summed E-state index contributed by atoms with van der Waals surface area (Å²) in [6.45, 7) is 1.27. The van der Waals surface area contributed by atoms with E-state index in [1.165, 1.54) is 0 Å². The molecule has 1 aromatic carbocycles. The molecule has 3 unspecified atom stereocenters. The Labute approximate surface area is 149 Å². The lowest BCUT2D eigenvalue weighted by atomic mass is 9.97. The van der Waals surface area contributed by atoms with Crippen molar-refractivity contribution in [3.63, 3.8) is 0 Å². The third kappa shape index (κ3) is 3.50. The van der Waals surface area contributed by atoms with Crippen LogP contribution < -0.4 is 10.9 Å². The molecule has 1 aromatic heterocycles. The van der Waals surface area contributed by atoms with Crippen LogP contribution in [-0.2, 0) is 4.74 Å². The first-order valence-corrected chi connectivity index (χ1v) is 8.22. The maximum Gasteiger partial charge on any atom is 0.343 e. The van der Waals surface area contributed by atoms with Crippen LogP contribution in [0, 0.1) is 0 Å². The third-order valence-corrected chi connectivity index (χ3v) is 4.34. The van der Waals surface area contributed by atoms with Crippen LogP contribution in [0.25, 0.3) is 17.0 Å². The number of nitrogens with one attached hydrogen (secondary N) is 1. The van der Waals surface area contributed by atoms with Gasteiger partial charge in [-0.3, -0.25) is 0 Å². The molecule has 140 valence electrons. The van der Waals surface area contributed by atoms with Crippen molar-refractivity contribution in [2.24, 2.45) is 0 Å². The van der Waals surface area contributed by atoms with Gasteiger partial charge in [-0.05, 0) is 25.1 Å². The summed E-state index contributed by atoms with van der Waals surface area (Å²) in [5.41, 5.74) is 0.754. The van der Waals surface area contributed by atoms with E-state index in [9.17, 15) is 20.1 Å². The zero-order chi connectivity index (χ0) is 18.8. The number of rotatable bonds is 4. The molecule has 1 aliphatic heterocycles. The van der Waals surface area contributed by atoms with Crippen molar-refractivity contribution in [2.75, 3.05) is 11.9 Å². The largest absolute Gasteiger partial charge is 0.422 e. The summed E-state index contributed by atoms with van der Waals surface area (Å²) in [6.07, 6.45) is -1.84. The van der Waals surface area contributed by atoms with E-state index < -0.39 is 42.9 Å². The van der Waals surface area contributed by atoms with Gasteiger partial charge >= 0.3 is 5.63 Å². The number of hydrogen-bond acceptors (Lipinski definition) is 8. The van der Waals surface area contributed by atoms with Gasteiger partial charge in [0.05, 0.1) is 12.2 Å². The summed E-state index contributed by atoms with van der Waals surface area (Å²) in [6, 6.07) is 5.64. The molecule has 2 aromatic rings. The highest BCUT2D eigenvalue weighted by atomic mass is 16.6. The van der Waals surface area contributed by atoms with Gasteiger partial charge < -0.3 is 34.9 Å². The van der Waals surface area contributed by atoms with Crippen LogP contribution in [-0.4, -0.2) is 57.7 Å². The van der Waals surface area contributed by atoms with Crippen molar-refractivity contribution in [1.82, 2.24) is 0 Å². The zero-order valence-electron chi connectivity index (χ0n) is 14.1. The molecule has 1 saturated heterocycles. The summed E-state index contributed by atoms with van der Waals surface area (Å²) < 4.78 is 10.4. The summed E-state index contributed by atoms with van der Waals surface area (Å²) in [4.78, 5) is 11.9. The fraction of sp³-hybridized carbons (Fsp3) is 0.389. The molecule has 8 heteroatoms. The standard InChI is InChI=1S/C18H21NO7/c1-2-3-10-6-9-4-5-11(7-12(9)25-17(10)23)19-14-16(22)15(21)13(8-20)26-18(14)24/h2-7,13-16,18-22,24H,8H2,1H3/b3-2+/t13?,14?,15-,16-,18?/m1/s1. The predicted octanol–water partition coefficient (Wildman–Crippen LogP) is 0.0379. The molecule has 1 fully saturated rings. The zero-order valence-corrected chi connectivity index (χ0v) is 14.1. The molecular formula is C18H21NO7. The van der Waals surface area contributed by atoms with Crippen molar-refractivity contribution in [1.29, 1.82) is 0 Å². The van der Waals surface area contributed by atoms with Crippen LogP contribution in [0.1, 0.15) is 12.5 Å². The topological polar surface area (TPSA) is 132 Å². The molecule has 0 saturated carbocycles. The summed E-state index contributed by atoms with van der Waals surface area (Å²) in [5.74, 6) is 0. The quantitative estimate of drug-likeness (QED) is 0.481. The Kier molecular flexibility index (Phi) is 5.40. The molecule has 0 spiro atoms. The number of fused-ring (bicyclic) bond motifs is 1. The minimum Gasteiger partial charge on any atom is -0.422 e. The highest BCUT2D eigenvalue weighted by Crippen LogP contribution is 2.25. The van der Waals surface area contributed by atoms with E-state index in [1.54, 1.807) is 43.3 Å². The average Bonchev–Trinajstić information content (AvgIpc) is 2.62. The van der Waals surface area contributed by atoms with Gasteiger partial charge in [-0.25, -0.2) is 4.79 Å². The average molecular weight is 363 g/mol. The van der Waals surface area contributed by atoms with Gasteiger partial charge in [0.1, 0.15) is 29.9 Å². The van der Waals surface area contributed by atoms with Gasteiger partial charge in [-0.2, -0.15) is 0 Å². The summed E-state index contributed by atoms with van der Waals surface area (Å²) in [7, 11) is 0. The lowest BCUT2D eigenvalue weighted by Gasteiger charge is -2.40. The molecule has 8 nitrogen and oxygen atoms in total. The Hall–Kier alpha value is -2.23. The maximum atomic E-state index is 11.9. The Balaban J connectivity index is 1.87. The Morgan fingerprint density at radius 2 is 1.96 bits per heavy atom. The van der Waals surface area contributed by atoms with Gasteiger partial charge in [0.15, 0.2) is 6.29 Å². The number of allylic oxidation sites excluding steroid dienone is 1. The van der Waals surface area contributed by atoms with Crippen LogP contribution >= 0.6 is 0 Å². The summed E-state index contributed by atoms with van der Waals surface area (Å²) in [5, 5.41) is 42.8. The van der Waals surface area contributed by atoms with Gasteiger partial charge in [-0.15, -0.1) is 0 Å². The van der Waals surface area contributed by atoms with E-state index >= 15 is 0 Å². The second kappa shape index (κ2) is 7.56. The highest BCUT2D eigenvalue weighted by molar-refractivity contribution is 5.82. The highest BCUT2D eigenvalue weighted by Gasteiger charge is 2.43. The van der Waals surface area contributed by atoms with E-state index in [0.717, 1.165) is 0 Å². The van der Waals surface area contributed by atoms with Crippen molar-refractivity contribution < 1.29 is 29.6 Å². The van der Waals surface area contributed by atoms with E-state index in [4.69, 9.17) is 14.3 Å². The molecular weight excluding hydrogens is 342 g/mol. The molecule has 2 heterocycles. The normalized spacial score (nSPS) is 29.3. The second-order valence-electron chi connectivity index (χ2n) is 6.14. The Bertz CT molecular complexity index is 862. The Morgan fingerprint density at radius 3 is 2.65 bits per heavy atom. The number of aliphatic hydroxyl groups excluding tert-OH is 4. The molecule has 0 amide bonds. The van der Waals surface area contributed by atoms with E-state index in [1.807, 2.05) is 0 Å². The van der Waals surface area contributed by atoms with Crippen LogP contribution in [0.3, 0.4) is 0 Å².